The van der Waals surface area contributed by atoms with E-state index in [1.165, 1.54) is 19.3 Å². The summed E-state index contributed by atoms with van der Waals surface area (Å²) in [6, 6.07) is 7.51. The van der Waals surface area contributed by atoms with Crippen LogP contribution in [0.1, 0.15) is 32.0 Å². The van der Waals surface area contributed by atoms with Crippen LogP contribution < -0.4 is 5.56 Å². The van der Waals surface area contributed by atoms with Gasteiger partial charge in [-0.2, -0.15) is 0 Å². The van der Waals surface area contributed by atoms with Gasteiger partial charge in [-0.25, -0.2) is 4.98 Å². The van der Waals surface area contributed by atoms with Crippen molar-refractivity contribution in [2.24, 2.45) is 5.92 Å². The van der Waals surface area contributed by atoms with E-state index >= 15 is 0 Å². The molecule has 0 unspecified atom stereocenters. The molecule has 0 bridgehead atoms. The molecule has 1 aromatic carbocycles. The number of rotatable bonds is 2. The fraction of sp³-hybridized carbons (Fsp3) is 0.500. The second-order valence-corrected chi connectivity index (χ2v) is 5.84. The largest absolute Gasteiger partial charge is 0.309 e. The molecule has 2 heterocycles. The average Bonchev–Trinajstić information content (AvgIpc) is 2.64. The van der Waals surface area contributed by atoms with Crippen molar-refractivity contribution in [3.63, 3.8) is 0 Å². The Hall–Kier alpha value is -1.68. The van der Waals surface area contributed by atoms with Crippen molar-refractivity contribution in [3.05, 3.63) is 40.4 Å². The van der Waals surface area contributed by atoms with Crippen molar-refractivity contribution in [1.29, 1.82) is 0 Å². The zero-order chi connectivity index (χ0) is 13.9. The monoisotopic (exact) mass is 271 g/mol. The first-order chi connectivity index (χ1) is 9.72. The summed E-state index contributed by atoms with van der Waals surface area (Å²) in [5.74, 6) is 1.59. The molecule has 1 aliphatic heterocycles. The van der Waals surface area contributed by atoms with E-state index in [1.54, 1.807) is 0 Å². The summed E-state index contributed by atoms with van der Waals surface area (Å²) in [5, 5.41) is 0.667. The van der Waals surface area contributed by atoms with Gasteiger partial charge in [0.25, 0.3) is 5.56 Å². The van der Waals surface area contributed by atoms with Crippen molar-refractivity contribution >= 4 is 10.9 Å². The summed E-state index contributed by atoms with van der Waals surface area (Å²) in [4.78, 5) is 21.9. The zero-order valence-electron chi connectivity index (χ0n) is 11.9. The molecule has 0 radical (unpaired) electrons. The molecular formula is C16H21N3O. The Morgan fingerprint density at radius 2 is 2.15 bits per heavy atom. The first-order valence-electron chi connectivity index (χ1n) is 7.42. The van der Waals surface area contributed by atoms with E-state index in [4.69, 9.17) is 0 Å². The van der Waals surface area contributed by atoms with Crippen LogP contribution in [-0.2, 0) is 6.54 Å². The normalized spacial score (nSPS) is 20.9. The Kier molecular flexibility index (Phi) is 3.83. The van der Waals surface area contributed by atoms with Gasteiger partial charge in [0.15, 0.2) is 0 Å². The molecule has 1 N–H and O–H groups in total. The minimum absolute atomic E-state index is 0.0335. The predicted molar refractivity (Wildman–Crippen MR) is 80.7 cm³/mol. The summed E-state index contributed by atoms with van der Waals surface area (Å²) in [6.07, 6.45) is 3.77. The van der Waals surface area contributed by atoms with Crippen molar-refractivity contribution in [1.82, 2.24) is 14.9 Å². The maximum Gasteiger partial charge on any atom is 0.258 e. The Morgan fingerprint density at radius 3 is 3.05 bits per heavy atom. The van der Waals surface area contributed by atoms with Gasteiger partial charge in [-0.3, -0.25) is 9.69 Å². The van der Waals surface area contributed by atoms with Crippen molar-refractivity contribution in [3.8, 4) is 0 Å². The van der Waals surface area contributed by atoms with Gasteiger partial charge in [0, 0.05) is 0 Å². The molecule has 1 fully saturated rings. The van der Waals surface area contributed by atoms with Crippen LogP contribution in [0.2, 0.25) is 0 Å². The van der Waals surface area contributed by atoms with Crippen molar-refractivity contribution < 1.29 is 0 Å². The standard InChI is InChI=1S/C16H21N3O/c1-12-5-4-9-19(10-8-12)11-15-17-14-7-3-2-6-13(14)16(20)18-15/h2-3,6-7,12H,4-5,8-11H2,1H3,(H,17,18,20)/t12-/m1/s1. The lowest BCUT2D eigenvalue weighted by Crippen LogP contribution is -2.26. The van der Waals surface area contributed by atoms with Crippen LogP contribution in [0.25, 0.3) is 10.9 Å². The highest BCUT2D eigenvalue weighted by Gasteiger charge is 2.15. The van der Waals surface area contributed by atoms with Gasteiger partial charge >= 0.3 is 0 Å². The third kappa shape index (κ3) is 2.90. The van der Waals surface area contributed by atoms with Crippen LogP contribution in [0.4, 0.5) is 0 Å². The fourth-order valence-corrected chi connectivity index (χ4v) is 2.90. The summed E-state index contributed by atoms with van der Waals surface area (Å²) in [5.41, 5.74) is 0.753. The Balaban J connectivity index is 1.82. The lowest BCUT2D eigenvalue weighted by Gasteiger charge is -2.19. The number of fused-ring (bicyclic) bond motifs is 1. The fourth-order valence-electron chi connectivity index (χ4n) is 2.90. The van der Waals surface area contributed by atoms with Gasteiger partial charge in [-0.05, 0) is 50.4 Å². The third-order valence-corrected chi connectivity index (χ3v) is 4.14. The Bertz CT molecular complexity index is 649. The van der Waals surface area contributed by atoms with Crippen LogP contribution in [-0.4, -0.2) is 28.0 Å². The average molecular weight is 271 g/mol. The number of nitrogens with one attached hydrogen (secondary N) is 1. The molecule has 1 aromatic heterocycles. The number of aromatic nitrogens is 2. The number of aromatic amines is 1. The molecule has 1 saturated heterocycles. The van der Waals surface area contributed by atoms with Crippen LogP contribution in [0.5, 0.6) is 0 Å². The summed E-state index contributed by atoms with van der Waals surface area (Å²) < 4.78 is 0. The summed E-state index contributed by atoms with van der Waals surface area (Å²) in [6.45, 7) is 5.25. The van der Waals surface area contributed by atoms with Crippen molar-refractivity contribution in [2.45, 2.75) is 32.7 Å². The third-order valence-electron chi connectivity index (χ3n) is 4.14. The maximum atomic E-state index is 12.0. The first kappa shape index (κ1) is 13.3. The molecule has 0 amide bonds. The number of likely N-dealkylation sites (tertiary alicyclic amines) is 1. The molecule has 4 heteroatoms. The number of H-pyrrole nitrogens is 1. The van der Waals surface area contributed by atoms with E-state index < -0.39 is 0 Å². The molecule has 1 aliphatic rings. The second kappa shape index (κ2) is 5.75. The van der Waals surface area contributed by atoms with Gasteiger partial charge in [-0.1, -0.05) is 19.1 Å². The van der Waals surface area contributed by atoms with Gasteiger partial charge < -0.3 is 4.98 Å². The minimum Gasteiger partial charge on any atom is -0.309 e. The SMILES string of the molecule is C[C@@H]1CCCN(Cc2nc3ccccc3c(=O)[nH]2)CC1. The molecule has 0 saturated carbocycles. The van der Waals surface area contributed by atoms with Crippen molar-refractivity contribution in [2.75, 3.05) is 13.1 Å². The molecule has 20 heavy (non-hydrogen) atoms. The van der Waals surface area contributed by atoms with Gasteiger partial charge in [0.2, 0.25) is 0 Å². The van der Waals surface area contributed by atoms with Gasteiger partial charge in [0.05, 0.1) is 17.4 Å². The Morgan fingerprint density at radius 1 is 1.30 bits per heavy atom. The lowest BCUT2D eigenvalue weighted by atomic mass is 10.0. The van der Waals surface area contributed by atoms with Crippen LogP contribution in [0, 0.1) is 5.92 Å². The summed E-state index contributed by atoms with van der Waals surface area (Å²) >= 11 is 0. The van der Waals surface area contributed by atoms with Gasteiger partial charge in [-0.15, -0.1) is 0 Å². The topological polar surface area (TPSA) is 49.0 Å². The van der Waals surface area contributed by atoms with E-state index in [0.29, 0.717) is 5.39 Å². The predicted octanol–water partition coefficient (Wildman–Crippen LogP) is 2.55. The van der Waals surface area contributed by atoms with E-state index in [2.05, 4.69) is 21.8 Å². The molecule has 4 nitrogen and oxygen atoms in total. The van der Waals surface area contributed by atoms with Crippen LogP contribution in [0.15, 0.2) is 29.1 Å². The van der Waals surface area contributed by atoms with Gasteiger partial charge in [0.1, 0.15) is 5.82 Å². The highest BCUT2D eigenvalue weighted by molar-refractivity contribution is 5.77. The van der Waals surface area contributed by atoms with E-state index in [0.717, 1.165) is 36.9 Å². The van der Waals surface area contributed by atoms with E-state index in [9.17, 15) is 4.79 Å². The second-order valence-electron chi connectivity index (χ2n) is 5.84. The zero-order valence-corrected chi connectivity index (χ0v) is 11.9. The highest BCUT2D eigenvalue weighted by atomic mass is 16.1. The number of hydrogen-bond acceptors (Lipinski definition) is 3. The molecule has 3 rings (SSSR count). The molecule has 0 aliphatic carbocycles. The highest BCUT2D eigenvalue weighted by Crippen LogP contribution is 2.17. The van der Waals surface area contributed by atoms with Crippen LogP contribution >= 0.6 is 0 Å². The van der Waals surface area contributed by atoms with Crippen LogP contribution in [0.3, 0.4) is 0 Å². The Labute approximate surface area is 118 Å². The molecule has 0 spiro atoms. The number of nitrogens with zero attached hydrogens (tertiary/aromatic N) is 2. The molecule has 106 valence electrons. The smallest absolute Gasteiger partial charge is 0.258 e. The molecule has 2 aromatic rings. The molecule has 1 atom stereocenters. The lowest BCUT2D eigenvalue weighted by molar-refractivity contribution is 0.267. The van der Waals surface area contributed by atoms with E-state index in [-0.39, 0.29) is 5.56 Å². The van der Waals surface area contributed by atoms with E-state index in [1.807, 2.05) is 24.3 Å². The minimum atomic E-state index is -0.0335. The molecular weight excluding hydrogens is 250 g/mol. The number of hydrogen-bond donors (Lipinski definition) is 1. The first-order valence-corrected chi connectivity index (χ1v) is 7.42. The maximum absolute atomic E-state index is 12.0. The quantitative estimate of drug-likeness (QED) is 0.913. The number of para-hydroxylation sites is 1. The summed E-state index contributed by atoms with van der Waals surface area (Å²) in [7, 11) is 0. The number of benzene rings is 1.